The van der Waals surface area contributed by atoms with E-state index in [1.54, 1.807) is 20.8 Å². The van der Waals surface area contributed by atoms with E-state index in [9.17, 15) is 4.57 Å². The van der Waals surface area contributed by atoms with E-state index in [1.807, 2.05) is 0 Å². The van der Waals surface area contributed by atoms with E-state index in [4.69, 9.17) is 24.3 Å². The van der Waals surface area contributed by atoms with Gasteiger partial charge in [0.2, 0.25) is 23.8 Å². The fourth-order valence-corrected chi connectivity index (χ4v) is 4.11. The normalized spacial score (nSPS) is 30.3. The molecule has 0 aliphatic carbocycles. The average Bonchev–Trinajstić information content (AvgIpc) is 3.06. The summed E-state index contributed by atoms with van der Waals surface area (Å²) in [6, 6.07) is 0. The molecule has 1 aliphatic heterocycles. The number of rotatable bonds is 7. The lowest BCUT2D eigenvalue weighted by molar-refractivity contribution is -0.169. The molecule has 10 nitrogen and oxygen atoms in total. The zero-order valence-corrected chi connectivity index (χ0v) is 17.5. The van der Waals surface area contributed by atoms with Gasteiger partial charge in [-0.25, -0.2) is 13.8 Å². The van der Waals surface area contributed by atoms with E-state index >= 15 is 8.78 Å². The lowest BCUT2D eigenvalue weighted by Crippen LogP contribution is -2.43. The second-order valence-corrected chi connectivity index (χ2v) is 7.98. The Morgan fingerprint density at radius 2 is 2.07 bits per heavy atom. The van der Waals surface area contributed by atoms with Crippen molar-refractivity contribution in [3.05, 3.63) is 6.33 Å². The number of hydrogen-bond acceptors (Lipinski definition) is 9. The monoisotopic (exact) mass is 434 g/mol. The molecule has 13 heteroatoms. The number of nitrogens with two attached hydrogens (primary N) is 1. The molecule has 1 fully saturated rings. The van der Waals surface area contributed by atoms with Gasteiger partial charge in [-0.2, -0.15) is 9.97 Å². The van der Waals surface area contributed by atoms with Crippen LogP contribution in [0, 0.1) is 0 Å². The third-order valence-corrected chi connectivity index (χ3v) is 5.21. The first kappa shape index (κ1) is 21.7. The average molecular weight is 434 g/mol. The number of fused-ring (bicyclic) bond motifs is 1. The van der Waals surface area contributed by atoms with Crippen LogP contribution >= 0.6 is 8.25 Å². The lowest BCUT2D eigenvalue weighted by Gasteiger charge is -2.24. The Hall–Kier alpha value is -2.01. The van der Waals surface area contributed by atoms with Crippen LogP contribution in [0.25, 0.3) is 11.2 Å². The Kier molecular flexibility index (Phi) is 5.74. The molecule has 0 bridgehead atoms. The highest BCUT2D eigenvalue weighted by Crippen LogP contribution is 2.52. The third-order valence-electron chi connectivity index (χ3n) is 4.23. The third kappa shape index (κ3) is 4.02. The summed E-state index contributed by atoms with van der Waals surface area (Å²) in [5.41, 5.74) is 3.55. The van der Waals surface area contributed by atoms with Crippen molar-refractivity contribution in [3.8, 4) is 5.88 Å². The van der Waals surface area contributed by atoms with E-state index < -0.39 is 38.2 Å². The van der Waals surface area contributed by atoms with Gasteiger partial charge in [-0.1, -0.05) is 0 Å². The number of nitrogen functional groups attached to an aromatic ring is 1. The molecule has 0 radical (unpaired) electrons. The van der Waals surface area contributed by atoms with Crippen molar-refractivity contribution in [1.29, 1.82) is 0 Å². The summed E-state index contributed by atoms with van der Waals surface area (Å²) in [7, 11) is -2.77. The minimum absolute atomic E-state index is 0.0918. The summed E-state index contributed by atoms with van der Waals surface area (Å²) in [5, 5.41) is 0. The number of aromatic nitrogens is 4. The van der Waals surface area contributed by atoms with E-state index in [-0.39, 0.29) is 23.0 Å². The zero-order valence-electron chi connectivity index (χ0n) is 16.6. The Balaban J connectivity index is 2.00. The molecular weight excluding hydrogens is 411 g/mol. The summed E-state index contributed by atoms with van der Waals surface area (Å²) in [6.45, 7) is 7.34. The standard InChI is InChI=1S/C16H23F2N5O5P/c1-6-25-11-9-10(21-14(19)22-11)23(7-20-9)13-15(4,17)12(16(5,18)26-13)28-29(24)27-8(2)3/h7-8,12-13H,6H2,1-5H3,(H2,19,21,22)/q+1/t12-,13+,15+,16+/m0/s1. The van der Waals surface area contributed by atoms with Crippen molar-refractivity contribution in [3.63, 3.8) is 0 Å². The van der Waals surface area contributed by atoms with E-state index in [1.165, 1.54) is 10.9 Å². The zero-order chi connectivity index (χ0) is 21.6. The molecule has 1 saturated heterocycles. The van der Waals surface area contributed by atoms with Crippen molar-refractivity contribution in [2.24, 2.45) is 0 Å². The molecule has 29 heavy (non-hydrogen) atoms. The number of hydrogen-bond donors (Lipinski definition) is 1. The highest BCUT2D eigenvalue weighted by atomic mass is 31.1. The van der Waals surface area contributed by atoms with Crippen LogP contribution in [0.4, 0.5) is 14.7 Å². The fraction of sp³-hybridized carbons (Fsp3) is 0.688. The van der Waals surface area contributed by atoms with Gasteiger partial charge in [-0.15, -0.1) is 9.05 Å². The lowest BCUT2D eigenvalue weighted by atomic mass is 9.98. The quantitative estimate of drug-likeness (QED) is 0.654. The first-order valence-electron chi connectivity index (χ1n) is 8.96. The van der Waals surface area contributed by atoms with Crippen molar-refractivity contribution in [2.45, 2.75) is 64.6 Å². The molecule has 2 N–H and O–H groups in total. The maximum absolute atomic E-state index is 15.7. The summed E-state index contributed by atoms with van der Waals surface area (Å²) < 4.78 is 64.8. The van der Waals surface area contributed by atoms with Crippen LogP contribution in [0.5, 0.6) is 5.88 Å². The Morgan fingerprint density at radius 3 is 2.69 bits per heavy atom. The van der Waals surface area contributed by atoms with Crippen LogP contribution in [0.1, 0.15) is 40.8 Å². The van der Waals surface area contributed by atoms with E-state index in [0.717, 1.165) is 13.8 Å². The second kappa shape index (κ2) is 7.67. The molecule has 1 aliphatic rings. The van der Waals surface area contributed by atoms with Gasteiger partial charge in [0.05, 0.1) is 12.9 Å². The molecular formula is C16H23F2N5O5P+. The van der Waals surface area contributed by atoms with E-state index in [0.29, 0.717) is 6.61 Å². The molecule has 0 amide bonds. The van der Waals surface area contributed by atoms with Crippen molar-refractivity contribution < 1.29 is 31.9 Å². The molecule has 3 heterocycles. The summed E-state index contributed by atoms with van der Waals surface area (Å²) >= 11 is 0. The number of alkyl halides is 2. The van der Waals surface area contributed by atoms with Crippen LogP contribution in [0.15, 0.2) is 6.33 Å². The van der Waals surface area contributed by atoms with Crippen LogP contribution < -0.4 is 10.5 Å². The Bertz CT molecular complexity index is 922. The molecule has 0 saturated carbocycles. The highest BCUT2D eigenvalue weighted by molar-refractivity contribution is 7.33. The van der Waals surface area contributed by atoms with Gasteiger partial charge in [0.15, 0.2) is 23.1 Å². The maximum atomic E-state index is 15.7. The van der Waals surface area contributed by atoms with Gasteiger partial charge in [0.25, 0.3) is 0 Å². The molecule has 2 aromatic heterocycles. The molecule has 0 aromatic carbocycles. The van der Waals surface area contributed by atoms with Crippen LogP contribution in [-0.4, -0.2) is 49.9 Å². The van der Waals surface area contributed by atoms with Gasteiger partial charge in [-0.05, 0) is 34.6 Å². The highest BCUT2D eigenvalue weighted by Gasteiger charge is 2.67. The van der Waals surface area contributed by atoms with Crippen LogP contribution in [0.2, 0.25) is 0 Å². The molecule has 0 spiro atoms. The Morgan fingerprint density at radius 1 is 1.38 bits per heavy atom. The first-order valence-corrected chi connectivity index (χ1v) is 10.1. The van der Waals surface area contributed by atoms with Gasteiger partial charge in [0.1, 0.15) is 6.10 Å². The first-order chi connectivity index (χ1) is 13.5. The number of imidazole rings is 1. The molecule has 2 aromatic rings. The minimum Gasteiger partial charge on any atom is -0.476 e. The number of halogens is 2. The van der Waals surface area contributed by atoms with E-state index in [2.05, 4.69) is 15.0 Å². The van der Waals surface area contributed by atoms with Crippen molar-refractivity contribution in [1.82, 2.24) is 19.5 Å². The second-order valence-electron chi connectivity index (χ2n) is 7.11. The Labute approximate surface area is 166 Å². The van der Waals surface area contributed by atoms with Crippen molar-refractivity contribution in [2.75, 3.05) is 12.3 Å². The van der Waals surface area contributed by atoms with Crippen molar-refractivity contribution >= 4 is 25.4 Å². The molecule has 3 rings (SSSR count). The maximum Gasteiger partial charge on any atom is 0.698 e. The SMILES string of the molecule is CCOc1nc(N)nc2c1ncn2[C@@H]1O[C@@](C)(F)[C@@H](O[P+](=O)OC(C)C)[C@@]1(C)F. The summed E-state index contributed by atoms with van der Waals surface area (Å²) in [5.74, 6) is -2.64. The number of ether oxygens (including phenoxy) is 2. The van der Waals surface area contributed by atoms with Gasteiger partial charge in [-0.3, -0.25) is 4.57 Å². The fourth-order valence-electron chi connectivity index (χ4n) is 3.15. The number of nitrogens with zero attached hydrogens (tertiary/aromatic N) is 4. The molecule has 5 atom stereocenters. The smallest absolute Gasteiger partial charge is 0.476 e. The van der Waals surface area contributed by atoms with Gasteiger partial charge in [0, 0.05) is 4.57 Å². The predicted molar refractivity (Wildman–Crippen MR) is 98.8 cm³/mol. The number of anilines is 1. The molecule has 1 unspecified atom stereocenters. The van der Waals surface area contributed by atoms with Crippen LogP contribution in [0.3, 0.4) is 0 Å². The van der Waals surface area contributed by atoms with Gasteiger partial charge >= 0.3 is 8.25 Å². The predicted octanol–water partition coefficient (Wildman–Crippen LogP) is 3.22. The topological polar surface area (TPSA) is 124 Å². The minimum atomic E-state index is -2.77. The largest absolute Gasteiger partial charge is 0.698 e. The summed E-state index contributed by atoms with van der Waals surface area (Å²) in [6.07, 6.45) is -2.63. The van der Waals surface area contributed by atoms with Gasteiger partial charge < -0.3 is 15.2 Å². The molecule has 160 valence electrons. The van der Waals surface area contributed by atoms with Crippen LogP contribution in [-0.2, 0) is 18.3 Å². The summed E-state index contributed by atoms with van der Waals surface area (Å²) in [4.78, 5) is 12.1.